The van der Waals surface area contributed by atoms with Crippen LogP contribution < -0.4 is 4.90 Å². The van der Waals surface area contributed by atoms with Gasteiger partial charge >= 0.3 is 0 Å². The van der Waals surface area contributed by atoms with Crippen LogP contribution in [-0.4, -0.2) is 21.8 Å². The number of rotatable bonds is 2. The van der Waals surface area contributed by atoms with Crippen molar-refractivity contribution in [1.29, 1.82) is 0 Å². The van der Waals surface area contributed by atoms with Gasteiger partial charge in [0.05, 0.1) is 11.2 Å². The number of hydrogen-bond donors (Lipinski definition) is 0. The molecule has 0 fully saturated rings. The minimum absolute atomic E-state index is 0.685. The molecular weight excluding hydrogens is 351 g/mol. The molecule has 0 atom stereocenters. The van der Waals surface area contributed by atoms with Crippen molar-refractivity contribution in [3.05, 3.63) is 32.6 Å². The third kappa shape index (κ3) is 2.26. The maximum absolute atomic E-state index is 6.04. The molecule has 0 aliphatic carbocycles. The standard InChI is InChI=1S/C11H12ClIN4/c1-7-10(13)8(12)6-14-11(7)16(2)9-4-5-15-17(9)3/h4-6H,1-3H3. The number of halogens is 2. The molecule has 17 heavy (non-hydrogen) atoms. The zero-order valence-corrected chi connectivity index (χ0v) is 12.7. The molecule has 90 valence electrons. The molecule has 0 aliphatic heterocycles. The molecule has 0 saturated heterocycles. The van der Waals surface area contributed by atoms with E-state index in [1.165, 1.54) is 0 Å². The van der Waals surface area contributed by atoms with Gasteiger partial charge in [-0.1, -0.05) is 11.6 Å². The number of nitrogens with zero attached hydrogens (tertiary/aromatic N) is 4. The molecule has 4 nitrogen and oxygen atoms in total. The Bertz CT molecular complexity index is 552. The van der Waals surface area contributed by atoms with Gasteiger partial charge in [-0.3, -0.25) is 4.68 Å². The average molecular weight is 363 g/mol. The molecule has 0 N–H and O–H groups in total. The Morgan fingerprint density at radius 3 is 2.76 bits per heavy atom. The van der Waals surface area contributed by atoms with Crippen LogP contribution >= 0.6 is 34.2 Å². The average Bonchev–Trinajstić information content (AvgIpc) is 2.72. The highest BCUT2D eigenvalue weighted by molar-refractivity contribution is 14.1. The summed E-state index contributed by atoms with van der Waals surface area (Å²) in [5.41, 5.74) is 1.07. The minimum atomic E-state index is 0.685. The molecule has 0 spiro atoms. The highest BCUT2D eigenvalue weighted by atomic mass is 127. The number of anilines is 2. The van der Waals surface area contributed by atoms with Gasteiger partial charge in [0.25, 0.3) is 0 Å². The largest absolute Gasteiger partial charge is 0.314 e. The summed E-state index contributed by atoms with van der Waals surface area (Å²) in [5, 5.41) is 4.84. The zero-order chi connectivity index (χ0) is 12.6. The molecule has 0 unspecified atom stereocenters. The van der Waals surface area contributed by atoms with Crippen LogP contribution in [0.15, 0.2) is 18.5 Å². The maximum atomic E-state index is 6.04. The molecule has 2 heterocycles. The van der Waals surface area contributed by atoms with E-state index in [1.54, 1.807) is 12.4 Å². The lowest BCUT2D eigenvalue weighted by Gasteiger charge is -2.20. The summed E-state index contributed by atoms with van der Waals surface area (Å²) in [4.78, 5) is 6.38. The van der Waals surface area contributed by atoms with Gasteiger partial charge in [0.2, 0.25) is 0 Å². The predicted molar refractivity (Wildman–Crippen MR) is 78.0 cm³/mol. The van der Waals surface area contributed by atoms with Crippen LogP contribution in [0.25, 0.3) is 0 Å². The summed E-state index contributed by atoms with van der Waals surface area (Å²) in [6.45, 7) is 2.02. The zero-order valence-electron chi connectivity index (χ0n) is 9.78. The summed E-state index contributed by atoms with van der Waals surface area (Å²) < 4.78 is 2.84. The predicted octanol–water partition coefficient (Wildman–Crippen LogP) is 3.15. The molecule has 0 aliphatic rings. The van der Waals surface area contributed by atoms with Crippen molar-refractivity contribution in [1.82, 2.24) is 14.8 Å². The highest BCUT2D eigenvalue weighted by Crippen LogP contribution is 2.30. The Hall–Kier alpha value is -0.820. The van der Waals surface area contributed by atoms with E-state index in [0.29, 0.717) is 5.02 Å². The summed E-state index contributed by atoms with van der Waals surface area (Å²) in [6.07, 6.45) is 3.45. The van der Waals surface area contributed by atoms with E-state index in [9.17, 15) is 0 Å². The van der Waals surface area contributed by atoms with Crippen LogP contribution in [-0.2, 0) is 7.05 Å². The van der Waals surface area contributed by atoms with Crippen molar-refractivity contribution in [2.45, 2.75) is 6.92 Å². The quantitative estimate of drug-likeness (QED) is 0.770. The van der Waals surface area contributed by atoms with Crippen LogP contribution in [0.4, 0.5) is 11.6 Å². The summed E-state index contributed by atoms with van der Waals surface area (Å²) >= 11 is 8.27. The fourth-order valence-electron chi connectivity index (χ4n) is 1.69. The maximum Gasteiger partial charge on any atom is 0.137 e. The molecular formula is C11H12ClIN4. The van der Waals surface area contributed by atoms with Crippen molar-refractivity contribution < 1.29 is 0 Å². The number of aromatic nitrogens is 3. The first-order chi connectivity index (χ1) is 8.02. The second-order valence-corrected chi connectivity index (χ2v) is 5.23. The van der Waals surface area contributed by atoms with E-state index in [1.807, 2.05) is 36.7 Å². The van der Waals surface area contributed by atoms with Crippen molar-refractivity contribution in [3.8, 4) is 0 Å². The smallest absolute Gasteiger partial charge is 0.137 e. The molecule has 0 radical (unpaired) electrons. The first-order valence-corrected chi connectivity index (χ1v) is 6.50. The fourth-order valence-corrected chi connectivity index (χ4v) is 2.26. The van der Waals surface area contributed by atoms with Crippen molar-refractivity contribution in [3.63, 3.8) is 0 Å². The monoisotopic (exact) mass is 362 g/mol. The lowest BCUT2D eigenvalue weighted by molar-refractivity contribution is 0.758. The molecule has 6 heteroatoms. The third-order valence-electron chi connectivity index (χ3n) is 2.63. The number of aryl methyl sites for hydroxylation is 1. The Labute approximate surface area is 119 Å². The van der Waals surface area contributed by atoms with Gasteiger partial charge in [-0.15, -0.1) is 0 Å². The lowest BCUT2D eigenvalue weighted by Crippen LogP contribution is -2.16. The van der Waals surface area contributed by atoms with Gasteiger partial charge in [0, 0.05) is 35.5 Å². The van der Waals surface area contributed by atoms with E-state index in [4.69, 9.17) is 11.6 Å². The van der Waals surface area contributed by atoms with Crippen LogP contribution in [0.3, 0.4) is 0 Å². The van der Waals surface area contributed by atoms with Crippen molar-refractivity contribution in [2.75, 3.05) is 11.9 Å². The van der Waals surface area contributed by atoms with Gasteiger partial charge in [0.15, 0.2) is 0 Å². The summed E-state index contributed by atoms with van der Waals surface area (Å²) in [7, 11) is 3.87. The van der Waals surface area contributed by atoms with Crippen LogP contribution in [0.1, 0.15) is 5.56 Å². The van der Waals surface area contributed by atoms with Gasteiger partial charge < -0.3 is 4.90 Å². The second-order valence-electron chi connectivity index (χ2n) is 3.74. The van der Waals surface area contributed by atoms with Crippen molar-refractivity contribution in [2.24, 2.45) is 7.05 Å². The first-order valence-electron chi connectivity index (χ1n) is 5.04. The normalized spacial score (nSPS) is 10.6. The molecule has 0 amide bonds. The summed E-state index contributed by atoms with van der Waals surface area (Å²) in [6, 6.07) is 1.95. The fraction of sp³-hybridized carbons (Fsp3) is 0.273. The molecule has 2 aromatic heterocycles. The van der Waals surface area contributed by atoms with E-state index >= 15 is 0 Å². The Morgan fingerprint density at radius 2 is 2.18 bits per heavy atom. The van der Waals surface area contributed by atoms with E-state index in [-0.39, 0.29) is 0 Å². The van der Waals surface area contributed by atoms with Crippen LogP contribution in [0.2, 0.25) is 5.02 Å². The lowest BCUT2D eigenvalue weighted by atomic mass is 10.3. The third-order valence-corrected chi connectivity index (χ3v) is 4.63. The van der Waals surface area contributed by atoms with Gasteiger partial charge in [-0.25, -0.2) is 4.98 Å². The molecule has 2 aromatic rings. The summed E-state index contributed by atoms with van der Waals surface area (Å²) in [5.74, 6) is 1.88. The Balaban J connectivity index is 2.48. The van der Waals surface area contributed by atoms with Gasteiger partial charge in [-0.05, 0) is 29.5 Å². The van der Waals surface area contributed by atoms with Crippen LogP contribution in [0, 0.1) is 10.5 Å². The number of pyridine rings is 1. The Morgan fingerprint density at radius 1 is 1.47 bits per heavy atom. The van der Waals surface area contributed by atoms with E-state index in [2.05, 4.69) is 32.7 Å². The van der Waals surface area contributed by atoms with E-state index in [0.717, 1.165) is 20.8 Å². The molecule has 0 bridgehead atoms. The molecule has 2 rings (SSSR count). The SMILES string of the molecule is Cc1c(N(C)c2ccnn2C)ncc(Cl)c1I. The van der Waals surface area contributed by atoms with Crippen LogP contribution in [0.5, 0.6) is 0 Å². The molecule has 0 aromatic carbocycles. The highest BCUT2D eigenvalue weighted by Gasteiger charge is 2.14. The van der Waals surface area contributed by atoms with Gasteiger partial charge in [0.1, 0.15) is 11.6 Å². The molecule has 0 saturated carbocycles. The number of hydrogen-bond acceptors (Lipinski definition) is 3. The van der Waals surface area contributed by atoms with Crippen molar-refractivity contribution >= 4 is 45.8 Å². The van der Waals surface area contributed by atoms with E-state index < -0.39 is 0 Å². The topological polar surface area (TPSA) is 34.0 Å². The Kier molecular flexibility index (Phi) is 3.58. The minimum Gasteiger partial charge on any atom is -0.314 e. The van der Waals surface area contributed by atoms with Gasteiger partial charge in [-0.2, -0.15) is 5.10 Å². The second kappa shape index (κ2) is 4.81. The first kappa shape index (κ1) is 12.6.